The number of allylic oxidation sites excluding steroid dienone is 1. The first-order valence-corrected chi connectivity index (χ1v) is 11.2. The average Bonchev–Trinajstić information content (AvgIpc) is 3.18. The SMILES string of the molecule is C=C(N)NCCCCCC(=O)/C=C/c1ccc2c(c1)C(C(=O)OC)C(c1ccc(C)cc1)O2. The molecule has 0 saturated heterocycles. The predicted molar refractivity (Wildman–Crippen MR) is 130 cm³/mol. The van der Waals surface area contributed by atoms with Crippen molar-refractivity contribution in [3.63, 3.8) is 0 Å². The normalized spacial score (nSPS) is 16.8. The fraction of sp³-hybridized carbons (Fsp3) is 0.333. The monoisotopic (exact) mass is 448 g/mol. The lowest BCUT2D eigenvalue weighted by Crippen LogP contribution is -2.20. The maximum atomic E-state index is 12.6. The highest BCUT2D eigenvalue weighted by Crippen LogP contribution is 2.47. The Labute approximate surface area is 195 Å². The van der Waals surface area contributed by atoms with Crippen LogP contribution in [-0.2, 0) is 14.3 Å². The lowest BCUT2D eigenvalue weighted by molar-refractivity contribution is -0.144. The molecule has 2 aromatic rings. The first kappa shape index (κ1) is 24.1. The molecule has 1 heterocycles. The quantitative estimate of drug-likeness (QED) is 0.298. The van der Waals surface area contributed by atoms with Crippen LogP contribution in [0.3, 0.4) is 0 Å². The number of unbranched alkanes of at least 4 members (excludes halogenated alkanes) is 2. The maximum absolute atomic E-state index is 12.6. The van der Waals surface area contributed by atoms with Gasteiger partial charge in [0.1, 0.15) is 17.8 Å². The fourth-order valence-corrected chi connectivity index (χ4v) is 3.91. The van der Waals surface area contributed by atoms with E-state index >= 15 is 0 Å². The van der Waals surface area contributed by atoms with E-state index in [-0.39, 0.29) is 11.8 Å². The highest BCUT2D eigenvalue weighted by Gasteiger charge is 2.41. The largest absolute Gasteiger partial charge is 0.484 e. The van der Waals surface area contributed by atoms with Crippen LogP contribution in [0.2, 0.25) is 0 Å². The first-order chi connectivity index (χ1) is 15.9. The van der Waals surface area contributed by atoms with Gasteiger partial charge in [0.15, 0.2) is 5.78 Å². The number of esters is 1. The van der Waals surface area contributed by atoms with Crippen LogP contribution in [0.15, 0.2) is 60.9 Å². The summed E-state index contributed by atoms with van der Waals surface area (Å²) in [6.07, 6.45) is 6.14. The molecule has 2 unspecified atom stereocenters. The second-order valence-electron chi connectivity index (χ2n) is 8.31. The number of carbonyl (C=O) groups is 2. The van der Waals surface area contributed by atoms with Crippen LogP contribution in [0.1, 0.15) is 60.0 Å². The minimum absolute atomic E-state index is 0.0741. The molecule has 33 heavy (non-hydrogen) atoms. The van der Waals surface area contributed by atoms with Crippen LogP contribution in [0, 0.1) is 6.92 Å². The molecule has 1 aliphatic heterocycles. The van der Waals surface area contributed by atoms with Crippen molar-refractivity contribution in [2.24, 2.45) is 5.73 Å². The van der Waals surface area contributed by atoms with Crippen LogP contribution in [0.25, 0.3) is 6.08 Å². The van der Waals surface area contributed by atoms with Crippen LogP contribution in [-0.4, -0.2) is 25.4 Å². The van der Waals surface area contributed by atoms with Gasteiger partial charge in [-0.2, -0.15) is 0 Å². The summed E-state index contributed by atoms with van der Waals surface area (Å²) >= 11 is 0. The molecule has 0 fully saturated rings. The van der Waals surface area contributed by atoms with E-state index in [9.17, 15) is 9.59 Å². The van der Waals surface area contributed by atoms with E-state index in [4.69, 9.17) is 15.2 Å². The fourth-order valence-electron chi connectivity index (χ4n) is 3.91. The van der Waals surface area contributed by atoms with Crippen LogP contribution in [0.4, 0.5) is 0 Å². The minimum Gasteiger partial charge on any atom is -0.484 e. The molecule has 1 aliphatic rings. The number of ether oxygens (including phenoxy) is 2. The van der Waals surface area contributed by atoms with Gasteiger partial charge in [-0.05, 0) is 49.1 Å². The Morgan fingerprint density at radius 3 is 2.61 bits per heavy atom. The zero-order chi connectivity index (χ0) is 23.8. The number of benzene rings is 2. The van der Waals surface area contributed by atoms with E-state index in [1.165, 1.54) is 7.11 Å². The third kappa shape index (κ3) is 6.48. The number of hydrogen-bond acceptors (Lipinski definition) is 6. The lowest BCUT2D eigenvalue weighted by Gasteiger charge is -2.17. The van der Waals surface area contributed by atoms with E-state index in [0.29, 0.717) is 18.0 Å². The minimum atomic E-state index is -0.560. The molecule has 0 radical (unpaired) electrons. The van der Waals surface area contributed by atoms with Crippen molar-refractivity contribution in [3.05, 3.63) is 83.2 Å². The third-order valence-corrected chi connectivity index (χ3v) is 5.70. The predicted octanol–water partition coefficient (Wildman–Crippen LogP) is 4.55. The topological polar surface area (TPSA) is 90.7 Å². The highest BCUT2D eigenvalue weighted by molar-refractivity contribution is 5.93. The van der Waals surface area contributed by atoms with E-state index in [0.717, 1.165) is 48.1 Å². The van der Waals surface area contributed by atoms with Gasteiger partial charge in [-0.1, -0.05) is 55.0 Å². The molecule has 0 spiro atoms. The van der Waals surface area contributed by atoms with Crippen molar-refractivity contribution in [1.29, 1.82) is 0 Å². The molecule has 174 valence electrons. The van der Waals surface area contributed by atoms with Crippen LogP contribution >= 0.6 is 0 Å². The van der Waals surface area contributed by atoms with Crippen molar-refractivity contribution in [2.75, 3.05) is 13.7 Å². The molecule has 0 amide bonds. The molecule has 0 aromatic heterocycles. The number of methoxy groups -OCH3 is 1. The summed E-state index contributed by atoms with van der Waals surface area (Å²) in [5.41, 5.74) is 9.13. The Bertz CT molecular complexity index is 1030. The van der Waals surface area contributed by atoms with Crippen molar-refractivity contribution in [3.8, 4) is 5.75 Å². The number of aryl methyl sites for hydroxylation is 1. The smallest absolute Gasteiger partial charge is 0.317 e. The first-order valence-electron chi connectivity index (χ1n) is 11.2. The van der Waals surface area contributed by atoms with Gasteiger partial charge in [0, 0.05) is 18.5 Å². The second-order valence-corrected chi connectivity index (χ2v) is 8.31. The number of fused-ring (bicyclic) bond motifs is 1. The average molecular weight is 449 g/mol. The van der Waals surface area contributed by atoms with Gasteiger partial charge in [0.25, 0.3) is 0 Å². The maximum Gasteiger partial charge on any atom is 0.317 e. The molecule has 0 saturated carbocycles. The molecule has 6 nitrogen and oxygen atoms in total. The summed E-state index contributed by atoms with van der Waals surface area (Å²) < 4.78 is 11.2. The summed E-state index contributed by atoms with van der Waals surface area (Å²) in [6.45, 7) is 6.37. The summed E-state index contributed by atoms with van der Waals surface area (Å²) in [5.74, 6) is 0.297. The van der Waals surface area contributed by atoms with Crippen molar-refractivity contribution < 1.29 is 19.1 Å². The zero-order valence-corrected chi connectivity index (χ0v) is 19.3. The molecule has 0 aliphatic carbocycles. The van der Waals surface area contributed by atoms with Gasteiger partial charge in [-0.3, -0.25) is 9.59 Å². The summed E-state index contributed by atoms with van der Waals surface area (Å²) in [6, 6.07) is 13.6. The zero-order valence-electron chi connectivity index (χ0n) is 19.3. The van der Waals surface area contributed by atoms with Crippen molar-refractivity contribution >= 4 is 17.8 Å². The van der Waals surface area contributed by atoms with Crippen LogP contribution in [0.5, 0.6) is 5.75 Å². The Kier molecular flexibility index (Phi) is 8.30. The molecule has 3 N–H and O–H groups in total. The number of rotatable bonds is 11. The summed E-state index contributed by atoms with van der Waals surface area (Å²) in [5, 5.41) is 2.97. The van der Waals surface area contributed by atoms with Gasteiger partial charge in [0.05, 0.1) is 12.9 Å². The number of nitrogens with two attached hydrogens (primary N) is 1. The number of hydrogen-bond donors (Lipinski definition) is 2. The van der Waals surface area contributed by atoms with Gasteiger partial charge < -0.3 is 20.5 Å². The molecule has 2 aromatic carbocycles. The standard InChI is InChI=1S/C27H32N2O4/c1-18-8-12-21(13-9-18)26-25(27(31)32-3)23-17-20(11-15-24(23)33-26)10-14-22(30)7-5-4-6-16-29-19(2)28/h8-15,17,25-26,29H,2,4-7,16,28H2,1,3H3/b14-10+. The Morgan fingerprint density at radius 2 is 1.91 bits per heavy atom. The molecular formula is C27H32N2O4. The molecular weight excluding hydrogens is 416 g/mol. The van der Waals surface area contributed by atoms with Gasteiger partial charge >= 0.3 is 5.97 Å². The number of ketones is 1. The summed E-state index contributed by atoms with van der Waals surface area (Å²) in [4.78, 5) is 24.9. The van der Waals surface area contributed by atoms with Crippen LogP contribution < -0.4 is 15.8 Å². The molecule has 0 bridgehead atoms. The molecule has 3 rings (SSSR count). The van der Waals surface area contributed by atoms with Gasteiger partial charge in [-0.25, -0.2) is 0 Å². The van der Waals surface area contributed by atoms with Gasteiger partial charge in [0.2, 0.25) is 0 Å². The van der Waals surface area contributed by atoms with Crippen molar-refractivity contribution in [1.82, 2.24) is 5.32 Å². The van der Waals surface area contributed by atoms with E-state index in [2.05, 4.69) is 11.9 Å². The van der Waals surface area contributed by atoms with E-state index in [1.54, 1.807) is 12.2 Å². The third-order valence-electron chi connectivity index (χ3n) is 5.70. The highest BCUT2D eigenvalue weighted by atomic mass is 16.5. The second kappa shape index (κ2) is 11.4. The Morgan fingerprint density at radius 1 is 1.15 bits per heavy atom. The number of carbonyl (C=O) groups excluding carboxylic acids is 2. The van der Waals surface area contributed by atoms with Gasteiger partial charge in [-0.15, -0.1) is 0 Å². The molecule has 2 atom stereocenters. The molecule has 6 heteroatoms. The van der Waals surface area contributed by atoms with E-state index in [1.807, 2.05) is 49.4 Å². The van der Waals surface area contributed by atoms with E-state index < -0.39 is 12.0 Å². The van der Waals surface area contributed by atoms with Crippen molar-refractivity contribution in [2.45, 2.75) is 44.6 Å². The number of nitrogens with one attached hydrogen (secondary N) is 1. The Hall–Kier alpha value is -3.54. The summed E-state index contributed by atoms with van der Waals surface area (Å²) in [7, 11) is 1.39. The lowest BCUT2D eigenvalue weighted by atomic mass is 9.90. The Balaban J connectivity index is 1.65.